The lowest BCUT2D eigenvalue weighted by Gasteiger charge is -2.39. The highest BCUT2D eigenvalue weighted by Crippen LogP contribution is 2.35. The fourth-order valence-corrected chi connectivity index (χ4v) is 6.91. The highest BCUT2D eigenvalue weighted by atomic mass is 35.5. The van der Waals surface area contributed by atoms with E-state index in [1.165, 1.54) is 16.4 Å². The average Bonchev–Trinajstić information content (AvgIpc) is 2.87. The molecule has 3 aliphatic rings. The highest BCUT2D eigenvalue weighted by molar-refractivity contribution is 7.89. The Bertz CT molecular complexity index is 1360. The number of ether oxygens (including phenoxy) is 1. The van der Waals surface area contributed by atoms with E-state index in [4.69, 9.17) is 16.3 Å². The van der Waals surface area contributed by atoms with Crippen molar-refractivity contribution < 1.29 is 31.5 Å². The van der Waals surface area contributed by atoms with Gasteiger partial charge in [-0.15, -0.1) is 0 Å². The van der Waals surface area contributed by atoms with E-state index in [1.54, 1.807) is 29.2 Å². The van der Waals surface area contributed by atoms with Crippen LogP contribution in [0.2, 0.25) is 5.02 Å². The Kier molecular flexibility index (Phi) is 6.66. The lowest BCUT2D eigenvalue weighted by Crippen LogP contribution is -2.50. The number of amides is 2. The average molecular weight is 554 g/mol. The maximum atomic E-state index is 13.5. The van der Waals surface area contributed by atoms with Crippen LogP contribution in [-0.2, 0) is 39.1 Å². The Labute approximate surface area is 218 Å². The first-order chi connectivity index (χ1) is 17.4. The second-order valence-corrected chi connectivity index (χ2v) is 12.0. The molecule has 1 fully saturated rings. The third kappa shape index (κ3) is 4.92. The monoisotopic (exact) mass is 553 g/mol. The van der Waals surface area contributed by atoms with E-state index in [2.05, 4.69) is 0 Å². The number of sulfonamides is 1. The molecule has 2 aromatic rings. The van der Waals surface area contributed by atoms with Gasteiger partial charge in [0.2, 0.25) is 10.0 Å². The van der Waals surface area contributed by atoms with Gasteiger partial charge in [0.15, 0.2) is 0 Å². The summed E-state index contributed by atoms with van der Waals surface area (Å²) in [5.74, 6) is -4.76. The van der Waals surface area contributed by atoms with Crippen molar-refractivity contribution in [1.29, 1.82) is 0 Å². The van der Waals surface area contributed by atoms with Gasteiger partial charge in [-0.25, -0.2) is 13.2 Å². The van der Waals surface area contributed by atoms with Crippen LogP contribution in [-0.4, -0.2) is 61.2 Å². The van der Waals surface area contributed by atoms with Crippen LogP contribution in [0.15, 0.2) is 41.3 Å². The molecular formula is C25H26ClF2N3O5S. The van der Waals surface area contributed by atoms with Crippen molar-refractivity contribution in [2.24, 2.45) is 0 Å². The van der Waals surface area contributed by atoms with Crippen molar-refractivity contribution in [1.82, 2.24) is 9.21 Å². The van der Waals surface area contributed by atoms with E-state index < -0.39 is 27.9 Å². The molecule has 0 atom stereocenters. The molecular weight excluding hydrogens is 528 g/mol. The SMILES string of the molecule is CC(F)(F)C(=O)N1CCc2ccc(S(=O)(=O)N3CCC(N4C(=O)OCc5cc(Cl)ccc54)CC3)cc2C1. The largest absolute Gasteiger partial charge is 0.444 e. The molecule has 3 aliphatic heterocycles. The van der Waals surface area contributed by atoms with Crippen molar-refractivity contribution >= 4 is 39.3 Å². The zero-order chi connectivity index (χ0) is 26.5. The summed E-state index contributed by atoms with van der Waals surface area (Å²) in [6, 6.07) is 9.68. The second-order valence-electron chi connectivity index (χ2n) is 9.63. The summed E-state index contributed by atoms with van der Waals surface area (Å²) < 4.78 is 60.6. The van der Waals surface area contributed by atoms with Gasteiger partial charge in [0.1, 0.15) is 6.61 Å². The minimum absolute atomic E-state index is 0.0552. The molecule has 37 heavy (non-hydrogen) atoms. The van der Waals surface area contributed by atoms with E-state index in [0.717, 1.165) is 16.0 Å². The Balaban J connectivity index is 1.31. The topological polar surface area (TPSA) is 87.2 Å². The number of piperidine rings is 1. The third-order valence-corrected chi connectivity index (χ3v) is 9.26. The van der Waals surface area contributed by atoms with E-state index in [9.17, 15) is 26.8 Å². The molecule has 0 N–H and O–H groups in total. The van der Waals surface area contributed by atoms with Crippen molar-refractivity contribution in [2.75, 3.05) is 24.5 Å². The van der Waals surface area contributed by atoms with E-state index >= 15 is 0 Å². The summed E-state index contributed by atoms with van der Waals surface area (Å²) in [6.07, 6.45) is 0.730. The van der Waals surface area contributed by atoms with Gasteiger partial charge in [-0.2, -0.15) is 13.1 Å². The number of carbonyl (C=O) groups excluding carboxylic acids is 2. The molecule has 5 rings (SSSR count). The molecule has 0 spiro atoms. The van der Waals surface area contributed by atoms with Crippen LogP contribution in [0.25, 0.3) is 0 Å². The van der Waals surface area contributed by atoms with Gasteiger partial charge in [-0.1, -0.05) is 17.7 Å². The molecule has 0 unspecified atom stereocenters. The maximum absolute atomic E-state index is 13.5. The first kappa shape index (κ1) is 25.9. The lowest BCUT2D eigenvalue weighted by atomic mass is 9.99. The van der Waals surface area contributed by atoms with Crippen molar-refractivity contribution in [3.05, 3.63) is 58.1 Å². The molecule has 0 bridgehead atoms. The highest BCUT2D eigenvalue weighted by Gasteiger charge is 2.39. The third-order valence-electron chi connectivity index (χ3n) is 7.13. The quantitative estimate of drug-likeness (QED) is 0.567. The molecule has 0 aromatic heterocycles. The molecule has 3 heterocycles. The van der Waals surface area contributed by atoms with Gasteiger partial charge in [-0.05, 0) is 60.7 Å². The summed E-state index contributed by atoms with van der Waals surface area (Å²) in [4.78, 5) is 27.3. The van der Waals surface area contributed by atoms with Crippen LogP contribution in [0, 0.1) is 0 Å². The second kappa shape index (κ2) is 9.52. The van der Waals surface area contributed by atoms with Crippen LogP contribution in [0.5, 0.6) is 0 Å². The molecule has 2 amide bonds. The van der Waals surface area contributed by atoms with Crippen LogP contribution in [0.3, 0.4) is 0 Å². The summed E-state index contributed by atoms with van der Waals surface area (Å²) in [5, 5.41) is 0.540. The van der Waals surface area contributed by atoms with Gasteiger partial charge in [-0.3, -0.25) is 9.69 Å². The number of rotatable bonds is 4. The summed E-state index contributed by atoms with van der Waals surface area (Å²) in [6.45, 7) is 1.18. The minimum atomic E-state index is -3.87. The maximum Gasteiger partial charge on any atom is 0.414 e. The van der Waals surface area contributed by atoms with Crippen molar-refractivity contribution in [3.8, 4) is 0 Å². The smallest absolute Gasteiger partial charge is 0.414 e. The zero-order valence-electron chi connectivity index (χ0n) is 20.1. The molecule has 2 aromatic carbocycles. The van der Waals surface area contributed by atoms with Crippen LogP contribution >= 0.6 is 11.6 Å². The molecule has 12 heteroatoms. The number of alkyl halides is 2. The number of benzene rings is 2. The van der Waals surface area contributed by atoms with E-state index in [1.807, 2.05) is 0 Å². The fourth-order valence-electron chi connectivity index (χ4n) is 5.19. The van der Waals surface area contributed by atoms with Crippen LogP contribution in [0.4, 0.5) is 19.3 Å². The standard InChI is InChI=1S/C25H26ClF2N3O5S/c1-25(27,28)23(32)29-9-6-16-2-4-21(13-17(16)14-29)37(34,35)30-10-7-20(8-11-30)31-22-5-3-19(26)12-18(22)15-36-24(31)33/h2-5,12-13,20H,6-11,14-15H2,1H3. The van der Waals surface area contributed by atoms with E-state index in [-0.39, 0.29) is 43.7 Å². The Morgan fingerprint density at radius 3 is 2.49 bits per heavy atom. The molecule has 0 aliphatic carbocycles. The predicted octanol–water partition coefficient (Wildman–Crippen LogP) is 4.19. The number of nitrogens with zero attached hydrogens (tertiary/aromatic N) is 3. The number of halogens is 3. The van der Waals surface area contributed by atoms with Gasteiger partial charge < -0.3 is 9.64 Å². The number of fused-ring (bicyclic) bond motifs is 2. The number of hydrogen-bond acceptors (Lipinski definition) is 5. The first-order valence-corrected chi connectivity index (χ1v) is 13.8. The van der Waals surface area contributed by atoms with E-state index in [0.29, 0.717) is 42.5 Å². The summed E-state index contributed by atoms with van der Waals surface area (Å²) in [5.41, 5.74) is 2.90. The Hall–Kier alpha value is -2.76. The van der Waals surface area contributed by atoms with Gasteiger partial charge in [0.05, 0.1) is 10.6 Å². The number of cyclic esters (lactones) is 1. The summed E-state index contributed by atoms with van der Waals surface area (Å²) >= 11 is 6.08. The predicted molar refractivity (Wildman–Crippen MR) is 132 cm³/mol. The molecule has 0 saturated carbocycles. The molecule has 198 valence electrons. The molecule has 0 radical (unpaired) electrons. The van der Waals surface area contributed by atoms with Crippen molar-refractivity contribution in [3.63, 3.8) is 0 Å². The molecule has 1 saturated heterocycles. The van der Waals surface area contributed by atoms with Gasteiger partial charge in [0.25, 0.3) is 5.91 Å². The fraction of sp³-hybridized carbons (Fsp3) is 0.440. The first-order valence-electron chi connectivity index (χ1n) is 12.0. The number of anilines is 1. The van der Waals surface area contributed by atoms with Crippen molar-refractivity contribution in [2.45, 2.75) is 56.2 Å². The summed E-state index contributed by atoms with van der Waals surface area (Å²) in [7, 11) is -3.87. The van der Waals surface area contributed by atoms with Crippen LogP contribution < -0.4 is 4.90 Å². The minimum Gasteiger partial charge on any atom is -0.444 e. The number of hydrogen-bond donors (Lipinski definition) is 0. The molecule has 8 nitrogen and oxygen atoms in total. The Morgan fingerprint density at radius 2 is 1.78 bits per heavy atom. The van der Waals surface area contributed by atoms with Crippen LogP contribution in [0.1, 0.15) is 36.5 Å². The zero-order valence-corrected chi connectivity index (χ0v) is 21.7. The van der Waals surface area contributed by atoms with Gasteiger partial charge in [0, 0.05) is 49.7 Å². The normalized spacial score (nSPS) is 19.3. The Morgan fingerprint density at radius 1 is 1.05 bits per heavy atom. The number of carbonyl (C=O) groups is 2. The van der Waals surface area contributed by atoms with Gasteiger partial charge >= 0.3 is 12.0 Å². The lowest BCUT2D eigenvalue weighted by molar-refractivity contribution is -0.155.